The van der Waals surface area contributed by atoms with E-state index in [-0.39, 0.29) is 19.0 Å². The zero-order chi connectivity index (χ0) is 23.7. The van der Waals surface area contributed by atoms with E-state index < -0.39 is 21.9 Å². The molecule has 2 aliphatic rings. The van der Waals surface area contributed by atoms with Gasteiger partial charge < -0.3 is 16.6 Å². The number of carboxylic acid groups (broad SMARTS) is 1. The topological polar surface area (TPSA) is 153 Å². The summed E-state index contributed by atoms with van der Waals surface area (Å²) in [6.45, 7) is 1.89. The van der Waals surface area contributed by atoms with Crippen molar-refractivity contribution in [1.82, 2.24) is 4.72 Å². The predicted molar refractivity (Wildman–Crippen MR) is 123 cm³/mol. The number of aliphatic carboxylic acids is 1. The summed E-state index contributed by atoms with van der Waals surface area (Å²) in [5.74, 6) is 0.122. The fourth-order valence-corrected chi connectivity index (χ4v) is 6.00. The van der Waals surface area contributed by atoms with Gasteiger partial charge in [0, 0.05) is 12.5 Å². The molecule has 4 atom stereocenters. The molecule has 1 aromatic carbocycles. The Labute approximate surface area is 190 Å². The first kappa shape index (κ1) is 26.0. The Balaban J connectivity index is 0.000000654. The zero-order valence-corrected chi connectivity index (χ0v) is 19.4. The summed E-state index contributed by atoms with van der Waals surface area (Å²) in [6, 6.07) is 6.99. The van der Waals surface area contributed by atoms with Crippen LogP contribution in [0.25, 0.3) is 0 Å². The van der Waals surface area contributed by atoms with Crippen molar-refractivity contribution in [2.75, 3.05) is 6.54 Å². The van der Waals surface area contributed by atoms with Crippen LogP contribution in [0.4, 0.5) is 0 Å². The molecule has 1 aromatic rings. The van der Waals surface area contributed by atoms with E-state index in [9.17, 15) is 18.0 Å². The summed E-state index contributed by atoms with van der Waals surface area (Å²) >= 11 is 0. The average molecular weight is 466 g/mol. The molecule has 9 heteroatoms. The second kappa shape index (κ2) is 12.1. The number of carboxylic acids is 1. The summed E-state index contributed by atoms with van der Waals surface area (Å²) in [5, 5.41) is 8.68. The van der Waals surface area contributed by atoms with Crippen LogP contribution in [0.3, 0.4) is 0 Å². The van der Waals surface area contributed by atoms with Gasteiger partial charge in [-0.25, -0.2) is 13.1 Å². The number of carbonyl (C=O) groups is 2. The van der Waals surface area contributed by atoms with Gasteiger partial charge in [-0.05, 0) is 75.3 Å². The maximum Gasteiger partial charge on any atom is 0.303 e. The molecule has 3 rings (SSSR count). The second-order valence-corrected chi connectivity index (χ2v) is 10.3. The summed E-state index contributed by atoms with van der Waals surface area (Å²) in [7, 11) is -3.50. The molecule has 2 aliphatic carbocycles. The van der Waals surface area contributed by atoms with Crippen LogP contribution in [-0.2, 0) is 19.6 Å². The largest absolute Gasteiger partial charge is 0.481 e. The number of benzene rings is 1. The molecule has 0 aliphatic heterocycles. The molecule has 0 heterocycles. The highest BCUT2D eigenvalue weighted by atomic mass is 32.2. The van der Waals surface area contributed by atoms with Crippen LogP contribution in [0.1, 0.15) is 50.5 Å². The Morgan fingerprint density at radius 2 is 1.78 bits per heavy atom. The minimum absolute atomic E-state index is 0.00118. The van der Waals surface area contributed by atoms with Crippen LogP contribution in [-0.4, -0.2) is 38.0 Å². The number of carbonyl (C=O) groups excluding carboxylic acids is 1. The molecular weight excluding hydrogens is 430 g/mol. The van der Waals surface area contributed by atoms with Gasteiger partial charge in [0.1, 0.15) is 0 Å². The van der Waals surface area contributed by atoms with Crippen LogP contribution in [0.2, 0.25) is 0 Å². The van der Waals surface area contributed by atoms with Gasteiger partial charge in [-0.1, -0.05) is 29.8 Å². The van der Waals surface area contributed by atoms with E-state index in [1.165, 1.54) is 6.42 Å². The normalized spacial score (nSPS) is 24.3. The molecule has 0 saturated heterocycles. The van der Waals surface area contributed by atoms with Gasteiger partial charge in [0.05, 0.1) is 11.4 Å². The number of primary amides is 1. The molecule has 8 nitrogen and oxygen atoms in total. The molecular formula is C23H35N3O5S. The fourth-order valence-electron chi connectivity index (χ4n) is 4.64. The Bertz CT molecular complexity index is 899. The van der Waals surface area contributed by atoms with E-state index in [2.05, 4.69) is 16.5 Å². The van der Waals surface area contributed by atoms with Crippen molar-refractivity contribution in [2.24, 2.45) is 29.2 Å². The number of fused-ring (bicyclic) bond motifs is 2. The monoisotopic (exact) mass is 465 g/mol. The number of aryl methyl sites for hydroxylation is 1. The predicted octanol–water partition coefficient (Wildman–Crippen LogP) is 2.32. The van der Waals surface area contributed by atoms with E-state index in [1.54, 1.807) is 12.1 Å². The number of amides is 1. The summed E-state index contributed by atoms with van der Waals surface area (Å²) < 4.78 is 28.6. The fraction of sp³-hybridized carbons (Fsp3) is 0.565. The number of hydrogen-bond acceptors (Lipinski definition) is 5. The van der Waals surface area contributed by atoms with Crippen molar-refractivity contribution in [2.45, 2.75) is 62.8 Å². The molecule has 2 saturated carbocycles. The lowest BCUT2D eigenvalue weighted by Crippen LogP contribution is -2.43. The highest BCUT2D eigenvalue weighted by Crippen LogP contribution is 2.50. The number of hydrogen-bond donors (Lipinski definition) is 4. The summed E-state index contributed by atoms with van der Waals surface area (Å²) in [5.41, 5.74) is 10.3. The quantitative estimate of drug-likeness (QED) is 0.307. The van der Waals surface area contributed by atoms with Gasteiger partial charge >= 0.3 is 5.97 Å². The van der Waals surface area contributed by atoms with Crippen LogP contribution >= 0.6 is 0 Å². The van der Waals surface area contributed by atoms with Gasteiger partial charge in [-0.3, -0.25) is 9.59 Å². The van der Waals surface area contributed by atoms with Gasteiger partial charge in [-0.2, -0.15) is 0 Å². The highest BCUT2D eigenvalue weighted by molar-refractivity contribution is 7.89. The molecule has 178 valence electrons. The van der Waals surface area contributed by atoms with E-state index in [0.717, 1.165) is 31.2 Å². The Morgan fingerprint density at radius 3 is 2.38 bits per heavy atom. The lowest BCUT2D eigenvalue weighted by molar-refractivity contribution is -0.137. The van der Waals surface area contributed by atoms with Crippen LogP contribution in [0.5, 0.6) is 0 Å². The highest BCUT2D eigenvalue weighted by Gasteiger charge is 2.48. The molecule has 4 unspecified atom stereocenters. The van der Waals surface area contributed by atoms with E-state index in [4.69, 9.17) is 10.8 Å². The Kier molecular flexibility index (Phi) is 9.86. The standard InChI is InChI=1S/C21H29NO4S.C2H6N2O/c1-15-8-12-18(13-9-15)27(25,26)22-21-17-11-10-16(14-17)19(21)6-4-2-3-5-7-20(23)24;3-1-2(4)5/h2,4,8-9,12-13,16-17,19,21-22H,3,5-7,10-11,14H2,1H3,(H,23,24);1,3H2,(H2,4,5)/b4-2-;. The lowest BCUT2D eigenvalue weighted by atomic mass is 9.83. The molecule has 0 aromatic heterocycles. The molecule has 32 heavy (non-hydrogen) atoms. The van der Waals surface area contributed by atoms with Gasteiger partial charge in [0.25, 0.3) is 0 Å². The van der Waals surface area contributed by atoms with Crippen molar-refractivity contribution >= 4 is 21.9 Å². The van der Waals surface area contributed by atoms with Crippen LogP contribution < -0.4 is 16.2 Å². The molecule has 0 spiro atoms. The first-order chi connectivity index (χ1) is 15.1. The van der Waals surface area contributed by atoms with E-state index in [1.807, 2.05) is 25.1 Å². The number of rotatable bonds is 10. The zero-order valence-electron chi connectivity index (χ0n) is 18.6. The maximum atomic E-state index is 12.8. The summed E-state index contributed by atoms with van der Waals surface area (Å²) in [6.07, 6.45) is 10.0. The van der Waals surface area contributed by atoms with Gasteiger partial charge in [0.15, 0.2) is 0 Å². The number of nitrogens with two attached hydrogens (primary N) is 2. The third kappa shape index (κ3) is 7.72. The van der Waals surface area contributed by atoms with Gasteiger partial charge in [-0.15, -0.1) is 0 Å². The van der Waals surface area contributed by atoms with Gasteiger partial charge in [0.2, 0.25) is 15.9 Å². The third-order valence-corrected chi connectivity index (χ3v) is 7.72. The Morgan fingerprint density at radius 1 is 1.16 bits per heavy atom. The molecule has 1 amide bonds. The van der Waals surface area contributed by atoms with Crippen LogP contribution in [0.15, 0.2) is 41.3 Å². The molecule has 2 fully saturated rings. The van der Waals surface area contributed by atoms with Crippen LogP contribution in [0, 0.1) is 24.7 Å². The van der Waals surface area contributed by atoms with Crippen molar-refractivity contribution < 1.29 is 23.1 Å². The number of sulfonamides is 1. The molecule has 2 bridgehead atoms. The van der Waals surface area contributed by atoms with Crippen molar-refractivity contribution in [3.63, 3.8) is 0 Å². The first-order valence-corrected chi connectivity index (χ1v) is 12.6. The summed E-state index contributed by atoms with van der Waals surface area (Å²) in [4.78, 5) is 20.3. The first-order valence-electron chi connectivity index (χ1n) is 11.1. The van der Waals surface area contributed by atoms with Crippen molar-refractivity contribution in [3.8, 4) is 0 Å². The maximum absolute atomic E-state index is 12.8. The average Bonchev–Trinajstić information content (AvgIpc) is 3.33. The third-order valence-electron chi connectivity index (χ3n) is 6.25. The number of nitrogens with one attached hydrogen (secondary N) is 1. The minimum atomic E-state index is -3.50. The number of allylic oxidation sites excluding steroid dienone is 2. The molecule has 0 radical (unpaired) electrons. The van der Waals surface area contributed by atoms with Crippen molar-refractivity contribution in [1.29, 1.82) is 0 Å². The smallest absolute Gasteiger partial charge is 0.303 e. The van der Waals surface area contributed by atoms with E-state index >= 15 is 0 Å². The Hall–Kier alpha value is -2.23. The SMILES string of the molecule is Cc1ccc(S(=O)(=O)NC2C3CCC(C3)C2C/C=C\CCCC(=O)O)cc1.NCC(N)=O. The number of unbranched alkanes of at least 4 members (excludes halogenated alkanes) is 1. The van der Waals surface area contributed by atoms with Crippen molar-refractivity contribution in [3.05, 3.63) is 42.0 Å². The minimum Gasteiger partial charge on any atom is -0.481 e. The lowest BCUT2D eigenvalue weighted by Gasteiger charge is -2.31. The second-order valence-electron chi connectivity index (χ2n) is 8.62. The van der Waals surface area contributed by atoms with E-state index in [0.29, 0.717) is 29.1 Å². The molecule has 6 N–H and O–H groups in total.